The van der Waals surface area contributed by atoms with E-state index in [9.17, 15) is 4.79 Å². The van der Waals surface area contributed by atoms with Crippen LogP contribution >= 0.6 is 0 Å². The molecule has 0 atom stereocenters. The minimum absolute atomic E-state index is 0.590. The van der Waals surface area contributed by atoms with E-state index in [0.29, 0.717) is 24.3 Å². The van der Waals surface area contributed by atoms with Crippen molar-refractivity contribution in [3.05, 3.63) is 29.8 Å². The molecule has 0 saturated heterocycles. The molecule has 0 aliphatic heterocycles. The van der Waals surface area contributed by atoms with Gasteiger partial charge >= 0.3 is 0 Å². The quantitative estimate of drug-likeness (QED) is 0.402. The van der Waals surface area contributed by atoms with Crippen LogP contribution in [0.15, 0.2) is 24.3 Å². The number of terminal acetylenes is 1. The Balaban J connectivity index is 2.43. The minimum Gasteiger partial charge on any atom is -0.494 e. The van der Waals surface area contributed by atoms with Crippen LogP contribution in [0, 0.1) is 12.3 Å². The lowest BCUT2D eigenvalue weighted by Crippen LogP contribution is -1.96. The van der Waals surface area contributed by atoms with Crippen molar-refractivity contribution in [3.63, 3.8) is 0 Å². The second kappa shape index (κ2) is 5.82. The molecule has 0 spiro atoms. The van der Waals surface area contributed by atoms with E-state index in [-0.39, 0.29) is 0 Å². The summed E-state index contributed by atoms with van der Waals surface area (Å²) in [6, 6.07) is 7.06. The highest BCUT2D eigenvalue weighted by Gasteiger charge is 1.94. The summed E-state index contributed by atoms with van der Waals surface area (Å²) in [5.74, 6) is 3.25. The normalized spacial score (nSPS) is 9.07. The van der Waals surface area contributed by atoms with Crippen molar-refractivity contribution >= 4 is 6.29 Å². The highest BCUT2D eigenvalue weighted by atomic mass is 16.5. The molecule has 0 heterocycles. The van der Waals surface area contributed by atoms with Gasteiger partial charge in [0.2, 0.25) is 0 Å². The Morgan fingerprint density at radius 3 is 3.07 bits per heavy atom. The largest absolute Gasteiger partial charge is 0.494 e. The highest BCUT2D eigenvalue weighted by Crippen LogP contribution is 2.12. The molecule has 0 fully saturated rings. The number of hydrogen-bond donors (Lipinski definition) is 0. The number of hydrogen-bond acceptors (Lipinski definition) is 2. The van der Waals surface area contributed by atoms with Gasteiger partial charge in [0.1, 0.15) is 12.0 Å². The second-order valence-corrected chi connectivity index (χ2v) is 2.85. The number of carbonyl (C=O) groups excluding carboxylic acids is 1. The van der Waals surface area contributed by atoms with Crippen LogP contribution in [0.1, 0.15) is 23.2 Å². The van der Waals surface area contributed by atoms with Crippen LogP contribution in [-0.2, 0) is 0 Å². The molecule has 0 bridgehead atoms. The van der Waals surface area contributed by atoms with Gasteiger partial charge in [-0.05, 0) is 18.6 Å². The number of carbonyl (C=O) groups is 1. The zero-order chi connectivity index (χ0) is 10.2. The van der Waals surface area contributed by atoms with Gasteiger partial charge in [0.15, 0.2) is 0 Å². The van der Waals surface area contributed by atoms with Crippen molar-refractivity contribution in [2.75, 3.05) is 6.61 Å². The smallest absolute Gasteiger partial charge is 0.150 e. The van der Waals surface area contributed by atoms with E-state index in [0.717, 1.165) is 12.7 Å². The Morgan fingerprint density at radius 2 is 2.36 bits per heavy atom. The minimum atomic E-state index is 0.590. The summed E-state index contributed by atoms with van der Waals surface area (Å²) in [7, 11) is 0. The molecule has 0 aliphatic carbocycles. The van der Waals surface area contributed by atoms with E-state index in [1.807, 2.05) is 6.07 Å². The van der Waals surface area contributed by atoms with Crippen LogP contribution < -0.4 is 4.74 Å². The Hall–Kier alpha value is -1.75. The maximum absolute atomic E-state index is 10.5. The lowest BCUT2D eigenvalue weighted by molar-refractivity contribution is 0.112. The Bertz CT molecular complexity index is 336. The maximum Gasteiger partial charge on any atom is 0.150 e. The van der Waals surface area contributed by atoms with Crippen LogP contribution in [0.3, 0.4) is 0 Å². The summed E-state index contributed by atoms with van der Waals surface area (Å²) in [5.41, 5.74) is 0.624. The summed E-state index contributed by atoms with van der Waals surface area (Å²) in [6.07, 6.45) is 7.45. The van der Waals surface area contributed by atoms with Crippen molar-refractivity contribution in [1.29, 1.82) is 0 Å². The number of benzene rings is 1. The van der Waals surface area contributed by atoms with Crippen molar-refractivity contribution in [1.82, 2.24) is 0 Å². The SMILES string of the molecule is C#CCCCOc1cccc(C=O)c1. The molecule has 2 nitrogen and oxygen atoms in total. The summed E-state index contributed by atoms with van der Waals surface area (Å²) in [6.45, 7) is 0.590. The lowest BCUT2D eigenvalue weighted by Gasteiger charge is -2.04. The fourth-order valence-corrected chi connectivity index (χ4v) is 1.04. The topological polar surface area (TPSA) is 26.3 Å². The third-order valence-electron chi connectivity index (χ3n) is 1.73. The van der Waals surface area contributed by atoms with Gasteiger partial charge in [0.05, 0.1) is 6.61 Å². The molecule has 0 saturated carbocycles. The molecule has 0 N–H and O–H groups in total. The molecular formula is C12H12O2. The van der Waals surface area contributed by atoms with Gasteiger partial charge in [-0.3, -0.25) is 4.79 Å². The maximum atomic E-state index is 10.5. The fraction of sp³-hybridized carbons (Fsp3) is 0.250. The summed E-state index contributed by atoms with van der Waals surface area (Å²) >= 11 is 0. The predicted octanol–water partition coefficient (Wildman–Crippen LogP) is 2.29. The van der Waals surface area contributed by atoms with Crippen LogP contribution in [0.2, 0.25) is 0 Å². The van der Waals surface area contributed by atoms with Gasteiger partial charge in [-0.1, -0.05) is 12.1 Å². The molecule has 0 aliphatic rings. The van der Waals surface area contributed by atoms with E-state index in [4.69, 9.17) is 11.2 Å². The number of ether oxygens (including phenoxy) is 1. The first-order chi connectivity index (χ1) is 6.86. The first-order valence-corrected chi connectivity index (χ1v) is 4.48. The van der Waals surface area contributed by atoms with E-state index in [1.165, 1.54) is 0 Å². The Morgan fingerprint density at radius 1 is 1.50 bits per heavy atom. The predicted molar refractivity (Wildman–Crippen MR) is 55.4 cm³/mol. The molecule has 1 rings (SSSR count). The molecule has 14 heavy (non-hydrogen) atoms. The third-order valence-corrected chi connectivity index (χ3v) is 1.73. The van der Waals surface area contributed by atoms with Crippen molar-refractivity contribution < 1.29 is 9.53 Å². The standard InChI is InChI=1S/C12H12O2/c1-2-3-4-8-14-12-7-5-6-11(9-12)10-13/h1,5-7,9-10H,3-4,8H2. The van der Waals surface area contributed by atoms with Crippen molar-refractivity contribution in [2.24, 2.45) is 0 Å². The first kappa shape index (κ1) is 10.3. The van der Waals surface area contributed by atoms with Gasteiger partial charge < -0.3 is 4.74 Å². The molecule has 0 radical (unpaired) electrons. The first-order valence-electron chi connectivity index (χ1n) is 4.48. The summed E-state index contributed by atoms with van der Waals surface area (Å²) in [5, 5.41) is 0. The van der Waals surface area contributed by atoms with Gasteiger partial charge in [0.25, 0.3) is 0 Å². The van der Waals surface area contributed by atoms with Gasteiger partial charge in [-0.15, -0.1) is 12.3 Å². The van der Waals surface area contributed by atoms with E-state index in [2.05, 4.69) is 5.92 Å². The summed E-state index contributed by atoms with van der Waals surface area (Å²) < 4.78 is 5.40. The average molecular weight is 188 g/mol. The zero-order valence-corrected chi connectivity index (χ0v) is 7.90. The highest BCUT2D eigenvalue weighted by molar-refractivity contribution is 5.75. The average Bonchev–Trinajstić information content (AvgIpc) is 2.25. The molecule has 0 amide bonds. The van der Waals surface area contributed by atoms with Crippen LogP contribution in [0.5, 0.6) is 5.75 Å². The van der Waals surface area contributed by atoms with E-state index < -0.39 is 0 Å². The molecule has 72 valence electrons. The monoisotopic (exact) mass is 188 g/mol. The van der Waals surface area contributed by atoms with Crippen LogP contribution in [0.25, 0.3) is 0 Å². The van der Waals surface area contributed by atoms with Gasteiger partial charge in [-0.2, -0.15) is 0 Å². The van der Waals surface area contributed by atoms with Gasteiger partial charge in [-0.25, -0.2) is 0 Å². The number of unbranched alkanes of at least 4 members (excludes halogenated alkanes) is 1. The van der Waals surface area contributed by atoms with Crippen molar-refractivity contribution in [3.8, 4) is 18.1 Å². The fourth-order valence-electron chi connectivity index (χ4n) is 1.04. The van der Waals surface area contributed by atoms with E-state index >= 15 is 0 Å². The number of rotatable bonds is 5. The summed E-state index contributed by atoms with van der Waals surface area (Å²) in [4.78, 5) is 10.5. The third kappa shape index (κ3) is 3.32. The Labute approximate surface area is 83.9 Å². The molecule has 0 unspecified atom stereocenters. The van der Waals surface area contributed by atoms with Crippen LogP contribution in [0.4, 0.5) is 0 Å². The Kier molecular flexibility index (Phi) is 4.30. The lowest BCUT2D eigenvalue weighted by atomic mass is 10.2. The van der Waals surface area contributed by atoms with Gasteiger partial charge in [0, 0.05) is 12.0 Å². The molecule has 1 aromatic carbocycles. The molecule has 0 aromatic heterocycles. The molecular weight excluding hydrogens is 176 g/mol. The van der Waals surface area contributed by atoms with Crippen LogP contribution in [-0.4, -0.2) is 12.9 Å². The van der Waals surface area contributed by atoms with Crippen molar-refractivity contribution in [2.45, 2.75) is 12.8 Å². The molecule has 2 heteroatoms. The van der Waals surface area contributed by atoms with E-state index in [1.54, 1.807) is 18.2 Å². The molecule has 1 aromatic rings. The second-order valence-electron chi connectivity index (χ2n) is 2.85. The zero-order valence-electron chi connectivity index (χ0n) is 7.90. The number of aldehydes is 1.